The van der Waals surface area contributed by atoms with Gasteiger partial charge in [0.15, 0.2) is 0 Å². The minimum absolute atomic E-state index is 0.183. The van der Waals surface area contributed by atoms with Gasteiger partial charge in [-0.1, -0.05) is 6.07 Å². The van der Waals surface area contributed by atoms with Crippen LogP contribution in [0.2, 0.25) is 0 Å². The standard InChI is InChI=1S/C13H19FN2O2/c1-3-18-13(17)9-16(2)8-11-4-10(7-15)5-12(14)6-11/h4-6H,3,7-9,15H2,1-2H3. The molecule has 0 amide bonds. The summed E-state index contributed by atoms with van der Waals surface area (Å²) in [6.07, 6.45) is 0. The first kappa shape index (κ1) is 14.6. The van der Waals surface area contributed by atoms with E-state index in [1.54, 1.807) is 18.9 Å². The fraction of sp³-hybridized carbons (Fsp3) is 0.462. The van der Waals surface area contributed by atoms with Crippen molar-refractivity contribution in [3.63, 3.8) is 0 Å². The zero-order chi connectivity index (χ0) is 13.5. The number of likely N-dealkylation sites (N-methyl/N-ethyl adjacent to an activating group) is 1. The molecule has 18 heavy (non-hydrogen) atoms. The number of carbonyl (C=O) groups is 1. The summed E-state index contributed by atoms with van der Waals surface area (Å²) < 4.78 is 18.1. The molecule has 0 radical (unpaired) electrons. The summed E-state index contributed by atoms with van der Waals surface area (Å²) >= 11 is 0. The summed E-state index contributed by atoms with van der Waals surface area (Å²) in [5, 5.41) is 0. The molecule has 0 saturated heterocycles. The van der Waals surface area contributed by atoms with Crippen LogP contribution in [0.5, 0.6) is 0 Å². The lowest BCUT2D eigenvalue weighted by Crippen LogP contribution is -2.27. The number of nitrogens with two attached hydrogens (primary N) is 1. The van der Waals surface area contributed by atoms with E-state index >= 15 is 0 Å². The Morgan fingerprint density at radius 1 is 1.39 bits per heavy atom. The molecule has 0 atom stereocenters. The largest absolute Gasteiger partial charge is 0.465 e. The molecule has 2 N–H and O–H groups in total. The van der Waals surface area contributed by atoms with Gasteiger partial charge >= 0.3 is 5.97 Å². The second-order valence-electron chi connectivity index (χ2n) is 4.15. The van der Waals surface area contributed by atoms with Gasteiger partial charge in [-0.15, -0.1) is 0 Å². The van der Waals surface area contributed by atoms with Crippen molar-refractivity contribution in [2.24, 2.45) is 5.73 Å². The molecule has 0 unspecified atom stereocenters. The van der Waals surface area contributed by atoms with Gasteiger partial charge in [-0.25, -0.2) is 4.39 Å². The van der Waals surface area contributed by atoms with Crippen molar-refractivity contribution in [1.82, 2.24) is 4.90 Å². The van der Waals surface area contributed by atoms with Crippen LogP contribution < -0.4 is 5.73 Å². The molecule has 0 fully saturated rings. The average molecular weight is 254 g/mol. The molecule has 0 aromatic heterocycles. The Labute approximate surface area is 107 Å². The van der Waals surface area contributed by atoms with Gasteiger partial charge in [-0.05, 0) is 37.2 Å². The van der Waals surface area contributed by atoms with E-state index in [0.29, 0.717) is 19.7 Å². The van der Waals surface area contributed by atoms with Crippen molar-refractivity contribution in [3.8, 4) is 0 Å². The summed E-state index contributed by atoms with van der Waals surface area (Å²) in [6, 6.07) is 4.69. The third-order valence-electron chi connectivity index (χ3n) is 2.41. The number of rotatable bonds is 6. The number of hydrogen-bond acceptors (Lipinski definition) is 4. The molecule has 0 aliphatic heterocycles. The zero-order valence-corrected chi connectivity index (χ0v) is 10.8. The van der Waals surface area contributed by atoms with Gasteiger partial charge in [0.1, 0.15) is 5.82 Å². The van der Waals surface area contributed by atoms with Crippen molar-refractivity contribution < 1.29 is 13.9 Å². The van der Waals surface area contributed by atoms with Crippen LogP contribution in [0.3, 0.4) is 0 Å². The molecule has 1 aromatic rings. The van der Waals surface area contributed by atoms with Crippen molar-refractivity contribution in [2.45, 2.75) is 20.0 Å². The van der Waals surface area contributed by atoms with E-state index in [4.69, 9.17) is 10.5 Å². The van der Waals surface area contributed by atoms with Crippen molar-refractivity contribution in [3.05, 3.63) is 35.1 Å². The molecular weight excluding hydrogens is 235 g/mol. The highest BCUT2D eigenvalue weighted by Crippen LogP contribution is 2.10. The van der Waals surface area contributed by atoms with Gasteiger partial charge in [0.2, 0.25) is 0 Å². The summed E-state index contributed by atoms with van der Waals surface area (Å²) in [5.41, 5.74) is 7.02. The molecule has 1 aromatic carbocycles. The Kier molecular flexibility index (Phi) is 5.74. The maximum absolute atomic E-state index is 13.3. The lowest BCUT2D eigenvalue weighted by molar-refractivity contribution is -0.144. The average Bonchev–Trinajstić information content (AvgIpc) is 2.27. The van der Waals surface area contributed by atoms with Crippen LogP contribution in [0.15, 0.2) is 18.2 Å². The van der Waals surface area contributed by atoms with E-state index in [1.807, 2.05) is 6.07 Å². The molecule has 0 spiro atoms. The van der Waals surface area contributed by atoms with Crippen LogP contribution in [0.4, 0.5) is 4.39 Å². The van der Waals surface area contributed by atoms with Crippen LogP contribution in [0.25, 0.3) is 0 Å². The first-order chi connectivity index (χ1) is 8.55. The highest BCUT2D eigenvalue weighted by Gasteiger charge is 2.08. The van der Waals surface area contributed by atoms with Gasteiger partial charge < -0.3 is 10.5 Å². The fourth-order valence-electron chi connectivity index (χ4n) is 1.72. The predicted octanol–water partition coefficient (Wildman–Crippen LogP) is 1.28. The normalized spacial score (nSPS) is 10.7. The smallest absolute Gasteiger partial charge is 0.320 e. The molecule has 0 bridgehead atoms. The Bertz CT molecular complexity index is 410. The van der Waals surface area contributed by atoms with Crippen LogP contribution in [-0.4, -0.2) is 31.1 Å². The first-order valence-corrected chi connectivity index (χ1v) is 5.87. The second kappa shape index (κ2) is 7.08. The van der Waals surface area contributed by atoms with E-state index in [1.165, 1.54) is 12.1 Å². The number of halogens is 1. The van der Waals surface area contributed by atoms with Gasteiger partial charge in [-0.3, -0.25) is 9.69 Å². The van der Waals surface area contributed by atoms with E-state index in [2.05, 4.69) is 0 Å². The maximum atomic E-state index is 13.3. The highest BCUT2D eigenvalue weighted by molar-refractivity contribution is 5.71. The van der Waals surface area contributed by atoms with Crippen LogP contribution in [0, 0.1) is 5.82 Å². The molecule has 5 heteroatoms. The number of benzene rings is 1. The van der Waals surface area contributed by atoms with Crippen molar-refractivity contribution in [1.29, 1.82) is 0 Å². The Balaban J connectivity index is 2.61. The quantitative estimate of drug-likeness (QED) is 0.777. The van der Waals surface area contributed by atoms with Crippen LogP contribution >= 0.6 is 0 Å². The third-order valence-corrected chi connectivity index (χ3v) is 2.41. The minimum atomic E-state index is -0.308. The molecule has 0 aliphatic rings. The lowest BCUT2D eigenvalue weighted by Gasteiger charge is -2.16. The Morgan fingerprint density at radius 3 is 2.67 bits per heavy atom. The molecule has 0 saturated carbocycles. The molecule has 0 aliphatic carbocycles. The monoisotopic (exact) mass is 254 g/mol. The Hall–Kier alpha value is -1.46. The number of esters is 1. The number of ether oxygens (including phenoxy) is 1. The van der Waals surface area contributed by atoms with E-state index in [-0.39, 0.29) is 18.3 Å². The summed E-state index contributed by atoms with van der Waals surface area (Å²) in [7, 11) is 1.78. The van der Waals surface area contributed by atoms with E-state index in [0.717, 1.165) is 11.1 Å². The van der Waals surface area contributed by atoms with E-state index < -0.39 is 0 Å². The minimum Gasteiger partial charge on any atom is -0.465 e. The van der Waals surface area contributed by atoms with Crippen LogP contribution in [0.1, 0.15) is 18.1 Å². The molecular formula is C13H19FN2O2. The van der Waals surface area contributed by atoms with Gasteiger partial charge in [0.05, 0.1) is 13.2 Å². The maximum Gasteiger partial charge on any atom is 0.320 e. The molecule has 1 rings (SSSR count). The topological polar surface area (TPSA) is 55.6 Å². The highest BCUT2D eigenvalue weighted by atomic mass is 19.1. The predicted molar refractivity (Wildman–Crippen MR) is 67.3 cm³/mol. The molecule has 100 valence electrons. The number of nitrogens with zero attached hydrogens (tertiary/aromatic N) is 1. The number of carbonyl (C=O) groups excluding carboxylic acids is 1. The van der Waals surface area contributed by atoms with E-state index in [9.17, 15) is 9.18 Å². The molecule has 4 nitrogen and oxygen atoms in total. The van der Waals surface area contributed by atoms with Gasteiger partial charge in [0, 0.05) is 13.1 Å². The third kappa shape index (κ3) is 4.81. The summed E-state index contributed by atoms with van der Waals surface area (Å²) in [6.45, 7) is 3.08. The first-order valence-electron chi connectivity index (χ1n) is 5.87. The zero-order valence-electron chi connectivity index (χ0n) is 10.8. The van der Waals surface area contributed by atoms with Crippen molar-refractivity contribution >= 4 is 5.97 Å². The summed E-state index contributed by atoms with van der Waals surface area (Å²) in [5.74, 6) is -0.590. The SMILES string of the molecule is CCOC(=O)CN(C)Cc1cc(F)cc(CN)c1. The Morgan fingerprint density at radius 2 is 2.06 bits per heavy atom. The lowest BCUT2D eigenvalue weighted by atomic mass is 10.1. The van der Waals surface area contributed by atoms with Crippen molar-refractivity contribution in [2.75, 3.05) is 20.2 Å². The summed E-state index contributed by atoms with van der Waals surface area (Å²) in [4.78, 5) is 13.0. The molecule has 0 heterocycles. The van der Waals surface area contributed by atoms with Gasteiger partial charge in [0.25, 0.3) is 0 Å². The second-order valence-corrected chi connectivity index (χ2v) is 4.15. The fourth-order valence-corrected chi connectivity index (χ4v) is 1.72. The van der Waals surface area contributed by atoms with Crippen LogP contribution in [-0.2, 0) is 22.6 Å². The van der Waals surface area contributed by atoms with Gasteiger partial charge in [-0.2, -0.15) is 0 Å². The number of hydrogen-bond donors (Lipinski definition) is 1.